The minimum absolute atomic E-state index is 0.764. The molecule has 0 amide bonds. The molecular weight excluding hydrogens is 236 g/mol. The minimum atomic E-state index is 0.764. The fraction of sp³-hybridized carbons (Fsp3) is 0.867. The Balaban J connectivity index is 2.00. The van der Waals surface area contributed by atoms with Gasteiger partial charge in [0.05, 0.1) is 0 Å². The van der Waals surface area contributed by atoms with E-state index in [1.54, 1.807) is 6.33 Å². The quantitative estimate of drug-likeness (QED) is 0.858. The van der Waals surface area contributed by atoms with E-state index in [2.05, 4.69) is 29.2 Å². The van der Waals surface area contributed by atoms with Gasteiger partial charge in [0, 0.05) is 13.5 Å². The van der Waals surface area contributed by atoms with Crippen LogP contribution >= 0.6 is 0 Å². The Kier molecular flexibility index (Phi) is 5.37. The third-order valence-electron chi connectivity index (χ3n) is 4.73. The molecule has 108 valence electrons. The van der Waals surface area contributed by atoms with E-state index in [0.717, 1.165) is 43.1 Å². The topological polar surface area (TPSA) is 42.7 Å². The predicted molar refractivity (Wildman–Crippen MR) is 77.9 cm³/mol. The molecule has 19 heavy (non-hydrogen) atoms. The van der Waals surface area contributed by atoms with Gasteiger partial charge in [-0.3, -0.25) is 4.68 Å². The molecule has 0 aromatic carbocycles. The van der Waals surface area contributed by atoms with Crippen LogP contribution in [0.25, 0.3) is 0 Å². The fourth-order valence-corrected chi connectivity index (χ4v) is 3.38. The van der Waals surface area contributed by atoms with Gasteiger partial charge in [0.2, 0.25) is 0 Å². The standard InChI is InChI=1S/C15H28N4/c1-4-12-6-7-13(10-16-5-2)14(8-12)9-15-17-11-18-19(15)3/h11-14,16H,4-10H2,1-3H3. The molecule has 1 fully saturated rings. The first-order valence-corrected chi connectivity index (χ1v) is 7.78. The smallest absolute Gasteiger partial charge is 0.138 e. The Morgan fingerprint density at radius 1 is 1.32 bits per heavy atom. The van der Waals surface area contributed by atoms with Gasteiger partial charge in [-0.25, -0.2) is 4.98 Å². The predicted octanol–water partition coefficient (Wildman–Crippen LogP) is 2.41. The first-order valence-electron chi connectivity index (χ1n) is 7.78. The summed E-state index contributed by atoms with van der Waals surface area (Å²) in [5, 5.41) is 7.73. The van der Waals surface area contributed by atoms with Gasteiger partial charge in [0.25, 0.3) is 0 Å². The summed E-state index contributed by atoms with van der Waals surface area (Å²) in [5.41, 5.74) is 0. The lowest BCUT2D eigenvalue weighted by Gasteiger charge is -2.36. The maximum absolute atomic E-state index is 4.41. The van der Waals surface area contributed by atoms with Crippen LogP contribution in [0.3, 0.4) is 0 Å². The highest BCUT2D eigenvalue weighted by atomic mass is 15.3. The molecule has 1 heterocycles. The summed E-state index contributed by atoms with van der Waals surface area (Å²) < 4.78 is 1.93. The van der Waals surface area contributed by atoms with E-state index in [1.807, 2.05) is 11.7 Å². The van der Waals surface area contributed by atoms with Crippen molar-refractivity contribution in [3.8, 4) is 0 Å². The molecule has 4 heteroatoms. The Morgan fingerprint density at radius 2 is 2.16 bits per heavy atom. The van der Waals surface area contributed by atoms with Crippen LogP contribution in [0.15, 0.2) is 6.33 Å². The van der Waals surface area contributed by atoms with Gasteiger partial charge < -0.3 is 5.32 Å². The molecule has 4 nitrogen and oxygen atoms in total. The molecule has 1 aliphatic carbocycles. The molecule has 0 bridgehead atoms. The first-order chi connectivity index (χ1) is 9.24. The molecule has 1 aromatic rings. The summed E-state index contributed by atoms with van der Waals surface area (Å²) in [6.07, 6.45) is 8.22. The summed E-state index contributed by atoms with van der Waals surface area (Å²) in [6.45, 7) is 6.75. The Hall–Kier alpha value is -0.900. The Morgan fingerprint density at radius 3 is 2.79 bits per heavy atom. The molecule has 0 aliphatic heterocycles. The van der Waals surface area contributed by atoms with Gasteiger partial charge in [-0.2, -0.15) is 5.10 Å². The summed E-state index contributed by atoms with van der Waals surface area (Å²) in [4.78, 5) is 4.41. The normalized spacial score (nSPS) is 27.6. The molecule has 1 aromatic heterocycles. The monoisotopic (exact) mass is 264 g/mol. The van der Waals surface area contributed by atoms with Crippen LogP contribution in [0, 0.1) is 17.8 Å². The summed E-state index contributed by atoms with van der Waals surface area (Å²) >= 11 is 0. The van der Waals surface area contributed by atoms with E-state index in [1.165, 1.54) is 25.7 Å². The third-order valence-corrected chi connectivity index (χ3v) is 4.73. The van der Waals surface area contributed by atoms with E-state index in [-0.39, 0.29) is 0 Å². The summed E-state index contributed by atoms with van der Waals surface area (Å²) in [6, 6.07) is 0. The maximum atomic E-state index is 4.41. The van der Waals surface area contributed by atoms with Crippen molar-refractivity contribution in [2.75, 3.05) is 13.1 Å². The second-order valence-electron chi connectivity index (χ2n) is 5.92. The highest BCUT2D eigenvalue weighted by Crippen LogP contribution is 2.36. The molecule has 3 atom stereocenters. The average Bonchev–Trinajstić information content (AvgIpc) is 2.83. The van der Waals surface area contributed by atoms with Gasteiger partial charge in [-0.05, 0) is 43.7 Å². The van der Waals surface area contributed by atoms with Crippen LogP contribution in [0.2, 0.25) is 0 Å². The molecular formula is C15H28N4. The molecule has 1 N–H and O–H groups in total. The lowest BCUT2D eigenvalue weighted by molar-refractivity contribution is 0.169. The van der Waals surface area contributed by atoms with Gasteiger partial charge in [0.15, 0.2) is 0 Å². The van der Waals surface area contributed by atoms with E-state index in [4.69, 9.17) is 0 Å². The molecule has 1 saturated carbocycles. The highest BCUT2D eigenvalue weighted by molar-refractivity contribution is 4.91. The Bertz CT molecular complexity index is 374. The van der Waals surface area contributed by atoms with E-state index >= 15 is 0 Å². The number of nitrogens with zero attached hydrogens (tertiary/aromatic N) is 3. The van der Waals surface area contributed by atoms with E-state index in [0.29, 0.717) is 0 Å². The van der Waals surface area contributed by atoms with Crippen LogP contribution in [0.1, 0.15) is 45.4 Å². The Labute approximate surface area is 117 Å². The lowest BCUT2D eigenvalue weighted by Crippen LogP contribution is -2.34. The van der Waals surface area contributed by atoms with Crippen molar-refractivity contribution in [2.45, 2.75) is 46.0 Å². The van der Waals surface area contributed by atoms with Crippen LogP contribution in [-0.4, -0.2) is 27.9 Å². The summed E-state index contributed by atoms with van der Waals surface area (Å²) in [7, 11) is 2.00. The van der Waals surface area contributed by atoms with Crippen molar-refractivity contribution in [2.24, 2.45) is 24.8 Å². The molecule has 1 aliphatic rings. The van der Waals surface area contributed by atoms with E-state index < -0.39 is 0 Å². The van der Waals surface area contributed by atoms with Gasteiger partial charge in [-0.1, -0.05) is 26.7 Å². The number of nitrogens with one attached hydrogen (secondary N) is 1. The van der Waals surface area contributed by atoms with E-state index in [9.17, 15) is 0 Å². The molecule has 0 saturated heterocycles. The van der Waals surface area contributed by atoms with Crippen molar-refractivity contribution in [3.05, 3.63) is 12.2 Å². The number of hydrogen-bond donors (Lipinski definition) is 1. The zero-order chi connectivity index (χ0) is 13.7. The van der Waals surface area contributed by atoms with Gasteiger partial charge in [-0.15, -0.1) is 0 Å². The number of aromatic nitrogens is 3. The number of hydrogen-bond acceptors (Lipinski definition) is 3. The van der Waals surface area contributed by atoms with Crippen molar-refractivity contribution in [1.82, 2.24) is 20.1 Å². The largest absolute Gasteiger partial charge is 0.317 e. The molecule has 2 rings (SSSR count). The number of aryl methyl sites for hydroxylation is 1. The van der Waals surface area contributed by atoms with Crippen molar-refractivity contribution in [1.29, 1.82) is 0 Å². The molecule has 0 radical (unpaired) electrons. The summed E-state index contributed by atoms with van der Waals surface area (Å²) in [5.74, 6) is 3.62. The fourth-order valence-electron chi connectivity index (χ4n) is 3.38. The van der Waals surface area contributed by atoms with Crippen molar-refractivity contribution in [3.63, 3.8) is 0 Å². The zero-order valence-corrected chi connectivity index (χ0v) is 12.6. The van der Waals surface area contributed by atoms with Crippen LogP contribution in [0.4, 0.5) is 0 Å². The van der Waals surface area contributed by atoms with Gasteiger partial charge in [0.1, 0.15) is 12.2 Å². The zero-order valence-electron chi connectivity index (χ0n) is 12.6. The first kappa shape index (κ1) is 14.5. The van der Waals surface area contributed by atoms with Crippen LogP contribution in [-0.2, 0) is 13.5 Å². The SMILES string of the molecule is CCNCC1CCC(CC)CC1Cc1ncnn1C. The minimum Gasteiger partial charge on any atom is -0.317 e. The van der Waals surface area contributed by atoms with Crippen LogP contribution in [0.5, 0.6) is 0 Å². The molecule has 3 unspecified atom stereocenters. The molecule has 0 spiro atoms. The van der Waals surface area contributed by atoms with Crippen LogP contribution < -0.4 is 5.32 Å². The van der Waals surface area contributed by atoms with Crippen molar-refractivity contribution >= 4 is 0 Å². The number of rotatable bonds is 6. The second kappa shape index (κ2) is 7.04. The second-order valence-corrected chi connectivity index (χ2v) is 5.92. The van der Waals surface area contributed by atoms with Crippen molar-refractivity contribution < 1.29 is 0 Å². The highest BCUT2D eigenvalue weighted by Gasteiger charge is 2.30. The lowest BCUT2D eigenvalue weighted by atomic mass is 9.71. The maximum Gasteiger partial charge on any atom is 0.138 e. The van der Waals surface area contributed by atoms with Gasteiger partial charge >= 0.3 is 0 Å². The third kappa shape index (κ3) is 3.78. The average molecular weight is 264 g/mol.